The third-order valence-electron chi connectivity index (χ3n) is 6.31. The molecule has 0 spiro atoms. The summed E-state index contributed by atoms with van der Waals surface area (Å²) in [6.07, 6.45) is -4.36. The molecule has 4 rings (SSSR count). The van der Waals surface area contributed by atoms with Gasteiger partial charge >= 0.3 is 11.9 Å². The van der Waals surface area contributed by atoms with Gasteiger partial charge in [0.25, 0.3) is 0 Å². The zero-order chi connectivity index (χ0) is 24.6. The highest BCUT2D eigenvalue weighted by Gasteiger charge is 2.33. The number of piperazine rings is 1. The van der Waals surface area contributed by atoms with E-state index >= 15 is 0 Å². The molecule has 2 atom stereocenters. The molecule has 1 aromatic carbocycles. The summed E-state index contributed by atoms with van der Waals surface area (Å²) in [5.74, 6) is 0.449. The fourth-order valence-electron chi connectivity index (χ4n) is 4.39. The van der Waals surface area contributed by atoms with Crippen molar-refractivity contribution in [1.82, 2.24) is 19.4 Å². The zero-order valence-electron chi connectivity index (χ0n) is 19.0. The average molecular weight is 496 g/mol. The third-order valence-corrected chi connectivity index (χ3v) is 6.53. The van der Waals surface area contributed by atoms with Crippen LogP contribution in [0.15, 0.2) is 41.2 Å². The standard InChI is InChI=1S/C23H25ClF3N5O2/c1-14(15-4-6-16(7-5-15)23(25,26)27)31-10-11-32(17(12-31)13-34-3)21-20-18(8-9-19(24)28-20)30(2)22(33)29-21/h4-9,14,17H,10-13H2,1-3H3. The smallest absolute Gasteiger partial charge is 0.383 e. The molecule has 0 radical (unpaired) electrons. The molecule has 0 aliphatic carbocycles. The molecule has 182 valence electrons. The number of halogens is 4. The van der Waals surface area contributed by atoms with Crippen LogP contribution < -0.4 is 10.6 Å². The van der Waals surface area contributed by atoms with E-state index in [9.17, 15) is 18.0 Å². The van der Waals surface area contributed by atoms with E-state index in [0.717, 1.165) is 17.7 Å². The SMILES string of the molecule is COCC1CN(C(C)c2ccc(C(F)(F)F)cc2)CCN1c1nc(=O)n(C)c2ccc(Cl)nc12. The third kappa shape index (κ3) is 4.75. The van der Waals surface area contributed by atoms with Gasteiger partial charge in [-0.25, -0.2) is 9.78 Å². The van der Waals surface area contributed by atoms with Gasteiger partial charge in [-0.1, -0.05) is 23.7 Å². The first-order valence-corrected chi connectivity index (χ1v) is 11.2. The summed E-state index contributed by atoms with van der Waals surface area (Å²) in [6.45, 7) is 4.04. The molecule has 3 aromatic rings. The van der Waals surface area contributed by atoms with Crippen molar-refractivity contribution >= 4 is 28.5 Å². The Balaban J connectivity index is 1.63. The van der Waals surface area contributed by atoms with Crippen molar-refractivity contribution in [2.45, 2.75) is 25.2 Å². The minimum atomic E-state index is -4.36. The second kappa shape index (κ2) is 9.52. The Morgan fingerprint density at radius 1 is 1.15 bits per heavy atom. The number of ether oxygens (including phenoxy) is 1. The molecule has 0 N–H and O–H groups in total. The topological polar surface area (TPSA) is 63.5 Å². The van der Waals surface area contributed by atoms with Crippen LogP contribution in [0.1, 0.15) is 24.1 Å². The van der Waals surface area contributed by atoms with Gasteiger partial charge in [-0.15, -0.1) is 0 Å². The number of nitrogens with zero attached hydrogens (tertiary/aromatic N) is 5. The summed E-state index contributed by atoms with van der Waals surface area (Å²) < 4.78 is 45.7. The molecule has 0 bridgehead atoms. The first-order chi connectivity index (χ1) is 16.1. The normalized spacial score (nSPS) is 18.4. The van der Waals surface area contributed by atoms with Crippen molar-refractivity contribution in [2.75, 3.05) is 38.3 Å². The maximum atomic E-state index is 12.9. The zero-order valence-corrected chi connectivity index (χ0v) is 19.8. The van der Waals surface area contributed by atoms with Crippen LogP contribution in [0, 0.1) is 0 Å². The number of aromatic nitrogens is 3. The summed E-state index contributed by atoms with van der Waals surface area (Å²) >= 11 is 6.14. The second-order valence-corrected chi connectivity index (χ2v) is 8.76. The summed E-state index contributed by atoms with van der Waals surface area (Å²) in [5.41, 5.74) is 0.878. The number of hydrogen-bond donors (Lipinski definition) is 0. The number of hydrogen-bond acceptors (Lipinski definition) is 6. The van der Waals surface area contributed by atoms with Gasteiger partial charge in [0, 0.05) is 39.8 Å². The van der Waals surface area contributed by atoms with Crippen LogP contribution in [0.2, 0.25) is 5.15 Å². The van der Waals surface area contributed by atoms with E-state index in [4.69, 9.17) is 16.3 Å². The highest BCUT2D eigenvalue weighted by Crippen LogP contribution is 2.32. The summed E-state index contributed by atoms with van der Waals surface area (Å²) in [7, 11) is 3.23. The van der Waals surface area contributed by atoms with Gasteiger partial charge in [0.1, 0.15) is 10.7 Å². The van der Waals surface area contributed by atoms with Crippen molar-refractivity contribution in [1.29, 1.82) is 0 Å². The summed E-state index contributed by atoms with van der Waals surface area (Å²) in [6, 6.07) is 8.37. The van der Waals surface area contributed by atoms with E-state index in [1.165, 1.54) is 16.7 Å². The Kier molecular flexibility index (Phi) is 6.84. The molecule has 1 aliphatic heterocycles. The maximum Gasteiger partial charge on any atom is 0.416 e. The fraction of sp³-hybridized carbons (Fsp3) is 0.435. The number of anilines is 1. The lowest BCUT2D eigenvalue weighted by molar-refractivity contribution is -0.137. The number of rotatable bonds is 5. The molecule has 11 heteroatoms. The molecule has 3 heterocycles. The predicted octanol–water partition coefficient (Wildman–Crippen LogP) is 3.90. The fourth-order valence-corrected chi connectivity index (χ4v) is 4.54. The highest BCUT2D eigenvalue weighted by molar-refractivity contribution is 6.29. The first-order valence-electron chi connectivity index (χ1n) is 10.8. The number of pyridine rings is 1. The van der Waals surface area contributed by atoms with Gasteiger partial charge in [-0.2, -0.15) is 18.2 Å². The molecule has 7 nitrogen and oxygen atoms in total. The Labute approximate surface area is 199 Å². The number of aryl methyl sites for hydroxylation is 1. The molecule has 1 saturated heterocycles. The molecule has 0 amide bonds. The van der Waals surface area contributed by atoms with Gasteiger partial charge in [0.2, 0.25) is 0 Å². The van der Waals surface area contributed by atoms with Crippen LogP contribution in [0.25, 0.3) is 11.0 Å². The van der Waals surface area contributed by atoms with E-state index in [1.54, 1.807) is 26.3 Å². The molecular weight excluding hydrogens is 471 g/mol. The largest absolute Gasteiger partial charge is 0.416 e. The minimum Gasteiger partial charge on any atom is -0.383 e. The lowest BCUT2D eigenvalue weighted by atomic mass is 10.0. The monoisotopic (exact) mass is 495 g/mol. The number of fused-ring (bicyclic) bond motifs is 1. The predicted molar refractivity (Wildman–Crippen MR) is 124 cm³/mol. The Morgan fingerprint density at radius 3 is 2.50 bits per heavy atom. The van der Waals surface area contributed by atoms with Crippen molar-refractivity contribution < 1.29 is 17.9 Å². The Morgan fingerprint density at radius 2 is 1.85 bits per heavy atom. The van der Waals surface area contributed by atoms with E-state index in [0.29, 0.717) is 48.2 Å². The second-order valence-electron chi connectivity index (χ2n) is 8.37. The van der Waals surface area contributed by atoms with E-state index in [1.807, 2.05) is 11.8 Å². The van der Waals surface area contributed by atoms with Gasteiger partial charge in [0.15, 0.2) is 5.82 Å². The van der Waals surface area contributed by atoms with E-state index < -0.39 is 17.4 Å². The van der Waals surface area contributed by atoms with Crippen molar-refractivity contribution in [3.63, 3.8) is 0 Å². The van der Waals surface area contributed by atoms with Crippen molar-refractivity contribution in [3.05, 3.63) is 63.2 Å². The lowest BCUT2D eigenvalue weighted by Gasteiger charge is -2.44. The van der Waals surface area contributed by atoms with Gasteiger partial charge in [-0.05, 0) is 36.8 Å². The molecule has 2 unspecified atom stereocenters. The van der Waals surface area contributed by atoms with E-state index in [2.05, 4.69) is 14.9 Å². The molecule has 1 fully saturated rings. The average Bonchev–Trinajstić information content (AvgIpc) is 2.81. The summed E-state index contributed by atoms with van der Waals surface area (Å²) in [5, 5.41) is 0.298. The molecule has 2 aromatic heterocycles. The van der Waals surface area contributed by atoms with Crippen LogP contribution in [0.3, 0.4) is 0 Å². The van der Waals surface area contributed by atoms with Crippen LogP contribution in [0.4, 0.5) is 19.0 Å². The van der Waals surface area contributed by atoms with Crippen molar-refractivity contribution in [2.24, 2.45) is 7.05 Å². The summed E-state index contributed by atoms with van der Waals surface area (Å²) in [4.78, 5) is 25.5. The van der Waals surface area contributed by atoms with E-state index in [-0.39, 0.29) is 12.1 Å². The van der Waals surface area contributed by atoms with Crippen LogP contribution in [-0.4, -0.2) is 58.8 Å². The van der Waals surface area contributed by atoms with Crippen LogP contribution in [0.5, 0.6) is 0 Å². The number of benzene rings is 1. The van der Waals surface area contributed by atoms with Crippen LogP contribution in [-0.2, 0) is 18.0 Å². The quantitative estimate of drug-likeness (QED) is 0.500. The molecule has 0 saturated carbocycles. The first kappa shape index (κ1) is 24.4. The van der Waals surface area contributed by atoms with Gasteiger partial charge < -0.3 is 9.64 Å². The Hall–Kier alpha value is -2.69. The number of methoxy groups -OCH3 is 1. The molecule has 1 aliphatic rings. The van der Waals surface area contributed by atoms with Gasteiger partial charge in [0.05, 0.1) is 23.7 Å². The van der Waals surface area contributed by atoms with Crippen LogP contribution >= 0.6 is 11.6 Å². The highest BCUT2D eigenvalue weighted by atomic mass is 35.5. The lowest BCUT2D eigenvalue weighted by Crippen LogP contribution is -2.56. The Bertz CT molecular complexity index is 1230. The number of alkyl halides is 3. The van der Waals surface area contributed by atoms with Gasteiger partial charge in [-0.3, -0.25) is 9.47 Å². The minimum absolute atomic E-state index is 0.107. The maximum absolute atomic E-state index is 12.9. The van der Waals surface area contributed by atoms with Crippen molar-refractivity contribution in [3.8, 4) is 0 Å². The molecule has 34 heavy (non-hydrogen) atoms. The molecular formula is C23H25ClF3N5O2.